The number of ether oxygens (including phenoxy) is 1. The predicted octanol–water partition coefficient (Wildman–Crippen LogP) is 3.30. The Bertz CT molecular complexity index is 736. The van der Waals surface area contributed by atoms with Gasteiger partial charge in [0.25, 0.3) is 0 Å². The van der Waals surface area contributed by atoms with Crippen molar-refractivity contribution >= 4 is 44.6 Å². The number of benzene rings is 1. The summed E-state index contributed by atoms with van der Waals surface area (Å²) >= 11 is 4.22. The van der Waals surface area contributed by atoms with Crippen LogP contribution in [0.25, 0.3) is 0 Å². The summed E-state index contributed by atoms with van der Waals surface area (Å²) in [4.78, 5) is 15.5. The lowest BCUT2D eigenvalue weighted by Gasteiger charge is -2.02. The lowest BCUT2D eigenvalue weighted by atomic mass is 10.2. The number of phenols is 1. The number of phenolic OH excluding ortho intramolecular Hbond substituents is 1. The first-order valence-corrected chi connectivity index (χ1v) is 8.24. The molecule has 0 bridgehead atoms. The second kappa shape index (κ2) is 8.02. The maximum atomic E-state index is 13.2. The van der Waals surface area contributed by atoms with Crippen LogP contribution < -0.4 is 5.43 Å². The maximum absolute atomic E-state index is 13.2. The molecule has 1 heterocycles. The highest BCUT2D eigenvalue weighted by atomic mass is 79.9. The molecule has 0 unspecified atom stereocenters. The largest absolute Gasteiger partial charge is 0.506 e. The van der Waals surface area contributed by atoms with Crippen LogP contribution in [0.4, 0.5) is 9.52 Å². The fraction of sp³-hybridized carbons (Fsp3) is 0.214. The van der Waals surface area contributed by atoms with Crippen molar-refractivity contribution in [3.05, 3.63) is 39.1 Å². The van der Waals surface area contributed by atoms with E-state index in [9.17, 15) is 14.3 Å². The minimum absolute atomic E-state index is 0.0209. The highest BCUT2D eigenvalue weighted by Crippen LogP contribution is 2.29. The van der Waals surface area contributed by atoms with Crippen molar-refractivity contribution in [2.75, 3.05) is 12.0 Å². The molecular formula is C14H13BrFN3O3S. The first-order chi connectivity index (χ1) is 11.0. The Hall–Kier alpha value is -2.00. The van der Waals surface area contributed by atoms with Gasteiger partial charge in [0, 0.05) is 10.9 Å². The number of aromatic nitrogens is 1. The van der Waals surface area contributed by atoms with E-state index in [0.717, 1.165) is 0 Å². The molecule has 0 saturated carbocycles. The summed E-state index contributed by atoms with van der Waals surface area (Å²) in [6, 6.07) is 2.61. The Kier molecular flexibility index (Phi) is 6.05. The van der Waals surface area contributed by atoms with E-state index in [4.69, 9.17) is 4.74 Å². The molecule has 9 heteroatoms. The number of carbonyl (C=O) groups is 1. The third-order valence-electron chi connectivity index (χ3n) is 2.65. The standard InChI is InChI=1S/C14H13BrFN3O3S/c1-2-22-11(20)5-9-7-23-14(18-9)19-17-6-8-3-4-10(16)12(15)13(8)21/h3-4,6-7,21H,2,5H2,1H3,(H,18,19). The van der Waals surface area contributed by atoms with Gasteiger partial charge in [0.05, 0.1) is 29.4 Å². The van der Waals surface area contributed by atoms with Gasteiger partial charge >= 0.3 is 5.97 Å². The molecule has 2 rings (SSSR count). The van der Waals surface area contributed by atoms with Gasteiger partial charge in [-0.1, -0.05) is 0 Å². The third-order valence-corrected chi connectivity index (χ3v) is 4.20. The molecule has 6 nitrogen and oxygen atoms in total. The number of nitrogens with one attached hydrogen (secondary N) is 1. The number of hydrazone groups is 1. The lowest BCUT2D eigenvalue weighted by Crippen LogP contribution is -2.07. The van der Waals surface area contributed by atoms with Crippen molar-refractivity contribution in [3.63, 3.8) is 0 Å². The highest BCUT2D eigenvalue weighted by Gasteiger charge is 2.09. The van der Waals surface area contributed by atoms with E-state index >= 15 is 0 Å². The average Bonchev–Trinajstić information content (AvgIpc) is 2.95. The number of hydrogen-bond donors (Lipinski definition) is 2. The monoisotopic (exact) mass is 401 g/mol. The van der Waals surface area contributed by atoms with Gasteiger partial charge in [-0.05, 0) is 35.0 Å². The van der Waals surface area contributed by atoms with Gasteiger partial charge in [0.2, 0.25) is 5.13 Å². The van der Waals surface area contributed by atoms with E-state index in [-0.39, 0.29) is 22.6 Å². The molecule has 0 fully saturated rings. The molecule has 1 aromatic carbocycles. The highest BCUT2D eigenvalue weighted by molar-refractivity contribution is 9.10. The fourth-order valence-corrected chi connectivity index (χ4v) is 2.64. The summed E-state index contributed by atoms with van der Waals surface area (Å²) in [5, 5.41) is 15.9. The van der Waals surface area contributed by atoms with E-state index in [1.165, 1.54) is 29.7 Å². The first kappa shape index (κ1) is 17.4. The zero-order valence-electron chi connectivity index (χ0n) is 12.0. The van der Waals surface area contributed by atoms with Crippen LogP contribution in [0.15, 0.2) is 27.1 Å². The van der Waals surface area contributed by atoms with Crippen LogP contribution in [-0.2, 0) is 16.0 Å². The van der Waals surface area contributed by atoms with Crippen molar-refractivity contribution in [2.45, 2.75) is 13.3 Å². The normalized spacial score (nSPS) is 10.9. The summed E-state index contributed by atoms with van der Waals surface area (Å²) in [5.41, 5.74) is 3.61. The van der Waals surface area contributed by atoms with Gasteiger partial charge in [-0.2, -0.15) is 5.10 Å². The van der Waals surface area contributed by atoms with Crippen LogP contribution in [0.1, 0.15) is 18.2 Å². The fourth-order valence-electron chi connectivity index (χ4n) is 1.62. The molecular weight excluding hydrogens is 389 g/mol. The summed E-state index contributed by atoms with van der Waals surface area (Å²) < 4.78 is 18.0. The molecule has 2 N–H and O–H groups in total. The van der Waals surface area contributed by atoms with Crippen molar-refractivity contribution < 1.29 is 19.0 Å². The number of halogens is 2. The Morgan fingerprint density at radius 1 is 1.61 bits per heavy atom. The zero-order chi connectivity index (χ0) is 16.8. The molecule has 0 aliphatic carbocycles. The number of thiazole rings is 1. The zero-order valence-corrected chi connectivity index (χ0v) is 14.4. The van der Waals surface area contributed by atoms with Gasteiger partial charge in [-0.3, -0.25) is 10.2 Å². The Balaban J connectivity index is 1.97. The molecule has 0 amide bonds. The van der Waals surface area contributed by atoms with Crippen LogP contribution in [0.2, 0.25) is 0 Å². The average molecular weight is 402 g/mol. The van der Waals surface area contributed by atoms with E-state index < -0.39 is 5.82 Å². The Morgan fingerprint density at radius 3 is 3.13 bits per heavy atom. The Morgan fingerprint density at radius 2 is 2.39 bits per heavy atom. The lowest BCUT2D eigenvalue weighted by molar-refractivity contribution is -0.142. The SMILES string of the molecule is CCOC(=O)Cc1csc(NN=Cc2ccc(F)c(Br)c2O)n1. The van der Waals surface area contributed by atoms with Crippen molar-refractivity contribution in [2.24, 2.45) is 5.10 Å². The molecule has 0 atom stereocenters. The minimum Gasteiger partial charge on any atom is -0.506 e. The molecule has 0 radical (unpaired) electrons. The van der Waals surface area contributed by atoms with Gasteiger partial charge in [-0.25, -0.2) is 9.37 Å². The van der Waals surface area contributed by atoms with Crippen molar-refractivity contribution in [1.29, 1.82) is 0 Å². The summed E-state index contributed by atoms with van der Waals surface area (Å²) in [7, 11) is 0. The van der Waals surface area contributed by atoms with Gasteiger partial charge in [-0.15, -0.1) is 11.3 Å². The number of nitrogens with zero attached hydrogens (tertiary/aromatic N) is 2. The molecule has 0 saturated heterocycles. The van der Waals surface area contributed by atoms with Crippen LogP contribution in [0, 0.1) is 5.82 Å². The topological polar surface area (TPSA) is 83.8 Å². The van der Waals surface area contributed by atoms with Crippen molar-refractivity contribution in [1.82, 2.24) is 4.98 Å². The summed E-state index contributed by atoms with van der Waals surface area (Å²) in [6.45, 7) is 2.07. The quantitative estimate of drug-likeness (QED) is 0.440. The summed E-state index contributed by atoms with van der Waals surface area (Å²) in [6.07, 6.45) is 1.44. The number of carbonyl (C=O) groups excluding carboxylic acids is 1. The van der Waals surface area contributed by atoms with Crippen LogP contribution in [0.5, 0.6) is 5.75 Å². The smallest absolute Gasteiger partial charge is 0.311 e. The van der Waals surface area contributed by atoms with E-state index in [0.29, 0.717) is 23.0 Å². The van der Waals surface area contributed by atoms with Crippen LogP contribution >= 0.6 is 27.3 Å². The van der Waals surface area contributed by atoms with Gasteiger partial charge in [0.1, 0.15) is 11.6 Å². The molecule has 0 aliphatic heterocycles. The predicted molar refractivity (Wildman–Crippen MR) is 89.4 cm³/mol. The molecule has 1 aromatic heterocycles. The van der Waals surface area contributed by atoms with E-state index in [1.54, 1.807) is 12.3 Å². The van der Waals surface area contributed by atoms with Crippen LogP contribution in [0.3, 0.4) is 0 Å². The van der Waals surface area contributed by atoms with Crippen molar-refractivity contribution in [3.8, 4) is 5.75 Å². The summed E-state index contributed by atoms with van der Waals surface area (Å²) in [5.74, 6) is -1.14. The molecule has 23 heavy (non-hydrogen) atoms. The second-order valence-corrected chi connectivity index (χ2v) is 5.95. The molecule has 2 aromatic rings. The first-order valence-electron chi connectivity index (χ1n) is 6.57. The van der Waals surface area contributed by atoms with E-state index in [1.807, 2.05) is 0 Å². The van der Waals surface area contributed by atoms with Crippen LogP contribution in [-0.4, -0.2) is 28.9 Å². The number of hydrogen-bond acceptors (Lipinski definition) is 7. The van der Waals surface area contributed by atoms with Gasteiger partial charge < -0.3 is 9.84 Å². The Labute approximate surface area is 144 Å². The minimum atomic E-state index is -0.559. The molecule has 0 aliphatic rings. The number of rotatable bonds is 6. The number of esters is 1. The number of anilines is 1. The second-order valence-electron chi connectivity index (χ2n) is 4.29. The maximum Gasteiger partial charge on any atom is 0.311 e. The van der Waals surface area contributed by atoms with E-state index in [2.05, 4.69) is 31.4 Å². The third kappa shape index (κ3) is 4.73. The molecule has 0 spiro atoms. The molecule has 122 valence electrons. The number of aromatic hydroxyl groups is 1. The van der Waals surface area contributed by atoms with Gasteiger partial charge in [0.15, 0.2) is 0 Å².